The minimum absolute atomic E-state index is 0.0497. The number of pyridine rings is 1. The Morgan fingerprint density at radius 2 is 2.22 bits per heavy atom. The fraction of sp³-hybridized carbons (Fsp3) is 0.125. The van der Waals surface area contributed by atoms with Crippen LogP contribution in [-0.2, 0) is 6.42 Å². The molecule has 0 aliphatic carbocycles. The molecule has 3 aromatic rings. The van der Waals surface area contributed by atoms with Crippen molar-refractivity contribution in [1.29, 1.82) is 5.26 Å². The van der Waals surface area contributed by atoms with E-state index < -0.39 is 4.92 Å². The highest BCUT2D eigenvalue weighted by Crippen LogP contribution is 2.28. The van der Waals surface area contributed by atoms with Gasteiger partial charge in [0.2, 0.25) is 0 Å². The number of rotatable bonds is 4. The number of aromatic nitrogens is 2. The molecule has 2 aromatic heterocycles. The summed E-state index contributed by atoms with van der Waals surface area (Å²) in [7, 11) is 1.57. The topological polar surface area (TPSA) is 93.5 Å². The Kier molecular flexibility index (Phi) is 3.65. The zero-order valence-electron chi connectivity index (χ0n) is 12.3. The summed E-state index contributed by atoms with van der Waals surface area (Å²) in [6, 6.07) is 12.4. The molecule has 0 aliphatic heterocycles. The number of hydrogen-bond donors (Lipinski definition) is 0. The lowest BCUT2D eigenvalue weighted by atomic mass is 10.1. The normalized spacial score (nSPS) is 10.4. The third-order valence-corrected chi connectivity index (χ3v) is 3.50. The van der Waals surface area contributed by atoms with Crippen molar-refractivity contribution in [2.75, 3.05) is 7.11 Å². The zero-order chi connectivity index (χ0) is 16.4. The third-order valence-electron chi connectivity index (χ3n) is 3.50. The van der Waals surface area contributed by atoms with E-state index in [1.807, 2.05) is 24.3 Å². The average molecular weight is 308 g/mol. The van der Waals surface area contributed by atoms with Gasteiger partial charge in [0, 0.05) is 11.6 Å². The maximum atomic E-state index is 11.0. The molecule has 2 heterocycles. The number of hydrogen-bond acceptors (Lipinski definition) is 5. The van der Waals surface area contributed by atoms with Gasteiger partial charge in [0.25, 0.3) is 5.69 Å². The van der Waals surface area contributed by atoms with Crippen molar-refractivity contribution in [2.45, 2.75) is 6.42 Å². The number of benzene rings is 1. The van der Waals surface area contributed by atoms with Gasteiger partial charge < -0.3 is 4.74 Å². The number of nitro groups is 1. The first-order valence-corrected chi connectivity index (χ1v) is 6.81. The van der Waals surface area contributed by atoms with Gasteiger partial charge in [-0.25, -0.2) is 4.98 Å². The third kappa shape index (κ3) is 2.58. The van der Waals surface area contributed by atoms with Crippen molar-refractivity contribution in [3.8, 4) is 23.1 Å². The van der Waals surface area contributed by atoms with Crippen molar-refractivity contribution >= 4 is 11.3 Å². The van der Waals surface area contributed by atoms with Crippen molar-refractivity contribution in [2.24, 2.45) is 0 Å². The number of fused-ring (bicyclic) bond motifs is 1. The van der Waals surface area contributed by atoms with Crippen LogP contribution >= 0.6 is 0 Å². The zero-order valence-corrected chi connectivity index (χ0v) is 12.3. The Morgan fingerprint density at radius 3 is 2.91 bits per heavy atom. The molecule has 0 unspecified atom stereocenters. The summed E-state index contributed by atoms with van der Waals surface area (Å²) in [5.41, 5.74) is 2.52. The highest BCUT2D eigenvalue weighted by molar-refractivity contribution is 5.68. The molecule has 114 valence electrons. The highest BCUT2D eigenvalue weighted by atomic mass is 16.6. The van der Waals surface area contributed by atoms with Crippen molar-refractivity contribution in [3.63, 3.8) is 0 Å². The molecular weight excluding hydrogens is 296 g/mol. The lowest BCUT2D eigenvalue weighted by molar-refractivity contribution is -0.385. The lowest BCUT2D eigenvalue weighted by Gasteiger charge is -2.04. The van der Waals surface area contributed by atoms with Crippen LogP contribution in [0.1, 0.15) is 5.69 Å². The first-order valence-electron chi connectivity index (χ1n) is 6.81. The summed E-state index contributed by atoms with van der Waals surface area (Å²) in [4.78, 5) is 15.0. The number of imidazole rings is 1. The van der Waals surface area contributed by atoms with Crippen LogP contribution in [0, 0.1) is 21.4 Å². The predicted octanol–water partition coefficient (Wildman–Crippen LogP) is 2.98. The SMILES string of the molecule is COc1cccc(-c2nc3ccc([N+](=O)[O-])cn3c2CC#N)c1. The van der Waals surface area contributed by atoms with Crippen molar-refractivity contribution < 1.29 is 9.66 Å². The van der Waals surface area contributed by atoms with Gasteiger partial charge in [-0.15, -0.1) is 0 Å². The molecular formula is C16H12N4O3. The van der Waals surface area contributed by atoms with Crippen molar-refractivity contribution in [3.05, 3.63) is 58.4 Å². The van der Waals surface area contributed by atoms with Crippen LogP contribution in [0.25, 0.3) is 16.9 Å². The largest absolute Gasteiger partial charge is 0.497 e. The van der Waals surface area contributed by atoms with E-state index in [4.69, 9.17) is 10.00 Å². The van der Waals surface area contributed by atoms with Gasteiger partial charge in [-0.3, -0.25) is 14.5 Å². The molecule has 0 spiro atoms. The van der Waals surface area contributed by atoms with Gasteiger partial charge >= 0.3 is 0 Å². The average Bonchev–Trinajstić information content (AvgIpc) is 2.93. The predicted molar refractivity (Wildman–Crippen MR) is 83.2 cm³/mol. The quantitative estimate of drug-likeness (QED) is 0.545. The summed E-state index contributed by atoms with van der Waals surface area (Å²) in [6.45, 7) is 0. The molecule has 0 fully saturated rings. The molecule has 0 aliphatic rings. The smallest absolute Gasteiger partial charge is 0.286 e. The molecule has 23 heavy (non-hydrogen) atoms. The van der Waals surface area contributed by atoms with Crippen LogP contribution in [0.3, 0.4) is 0 Å². The Bertz CT molecular complexity index is 940. The number of nitrogens with zero attached hydrogens (tertiary/aromatic N) is 4. The van der Waals surface area contributed by atoms with Crippen LogP contribution in [0.5, 0.6) is 5.75 Å². The van der Waals surface area contributed by atoms with E-state index in [-0.39, 0.29) is 12.1 Å². The van der Waals surface area contributed by atoms with Crippen LogP contribution < -0.4 is 4.74 Å². The first-order chi connectivity index (χ1) is 11.1. The second-order valence-corrected chi connectivity index (χ2v) is 4.85. The van der Waals surface area contributed by atoms with Crippen LogP contribution in [0.15, 0.2) is 42.6 Å². The van der Waals surface area contributed by atoms with E-state index >= 15 is 0 Å². The van der Waals surface area contributed by atoms with Crippen LogP contribution in [0.4, 0.5) is 5.69 Å². The fourth-order valence-electron chi connectivity index (χ4n) is 2.44. The minimum Gasteiger partial charge on any atom is -0.497 e. The Balaban J connectivity index is 2.25. The standard InChI is InChI=1S/C16H12N4O3/c1-23-13-4-2-3-11(9-13)16-14(7-8-17)19-10-12(20(21)22)5-6-15(19)18-16/h2-6,9-10H,7H2,1H3. The van der Waals surface area contributed by atoms with Crippen LogP contribution in [0.2, 0.25) is 0 Å². The summed E-state index contributed by atoms with van der Waals surface area (Å²) in [5.74, 6) is 0.674. The van der Waals surface area contributed by atoms with E-state index in [0.717, 1.165) is 5.56 Å². The number of nitriles is 1. The van der Waals surface area contributed by atoms with Gasteiger partial charge in [-0.05, 0) is 18.2 Å². The van der Waals surface area contributed by atoms with Gasteiger partial charge in [0.15, 0.2) is 0 Å². The molecule has 0 amide bonds. The molecule has 7 heteroatoms. The van der Waals surface area contributed by atoms with E-state index in [0.29, 0.717) is 22.8 Å². The fourth-order valence-corrected chi connectivity index (χ4v) is 2.44. The monoisotopic (exact) mass is 308 g/mol. The molecule has 0 saturated carbocycles. The molecule has 0 bridgehead atoms. The van der Waals surface area contributed by atoms with Gasteiger partial charge in [0.1, 0.15) is 11.4 Å². The second-order valence-electron chi connectivity index (χ2n) is 4.85. The summed E-state index contributed by atoms with van der Waals surface area (Å²) >= 11 is 0. The Hall–Kier alpha value is -3.40. The molecule has 0 saturated heterocycles. The lowest BCUT2D eigenvalue weighted by Crippen LogP contribution is -1.96. The maximum Gasteiger partial charge on any atom is 0.286 e. The van der Waals surface area contributed by atoms with Crippen molar-refractivity contribution in [1.82, 2.24) is 9.38 Å². The second kappa shape index (κ2) is 5.77. The first kappa shape index (κ1) is 14.5. The number of methoxy groups -OCH3 is 1. The Morgan fingerprint density at radius 1 is 1.39 bits per heavy atom. The summed E-state index contributed by atoms with van der Waals surface area (Å²) in [5, 5.41) is 20.1. The molecule has 1 aromatic carbocycles. The molecule has 7 nitrogen and oxygen atoms in total. The maximum absolute atomic E-state index is 11.0. The van der Waals surface area contributed by atoms with E-state index in [9.17, 15) is 10.1 Å². The molecule has 3 rings (SSSR count). The molecule has 0 N–H and O–H groups in total. The Labute approximate surface area is 131 Å². The van der Waals surface area contributed by atoms with Gasteiger partial charge in [-0.2, -0.15) is 5.26 Å². The molecule has 0 radical (unpaired) electrons. The minimum atomic E-state index is -0.471. The highest BCUT2D eigenvalue weighted by Gasteiger charge is 2.17. The molecule has 0 atom stereocenters. The van der Waals surface area contributed by atoms with Gasteiger partial charge in [-0.1, -0.05) is 12.1 Å². The van der Waals surface area contributed by atoms with Gasteiger partial charge in [0.05, 0.1) is 42.1 Å². The van der Waals surface area contributed by atoms with Crippen LogP contribution in [-0.4, -0.2) is 21.4 Å². The van der Waals surface area contributed by atoms with E-state index in [2.05, 4.69) is 11.1 Å². The van der Waals surface area contributed by atoms with E-state index in [1.54, 1.807) is 17.6 Å². The number of ether oxygens (including phenoxy) is 1. The van der Waals surface area contributed by atoms with E-state index in [1.165, 1.54) is 12.3 Å². The summed E-state index contributed by atoms with van der Waals surface area (Å²) in [6.07, 6.45) is 1.48. The summed E-state index contributed by atoms with van der Waals surface area (Å²) < 4.78 is 6.81.